The van der Waals surface area contributed by atoms with E-state index in [1.807, 2.05) is 18.3 Å². The second-order valence-electron chi connectivity index (χ2n) is 4.26. The molecule has 2 heteroatoms. The van der Waals surface area contributed by atoms with Crippen LogP contribution >= 0.6 is 0 Å². The molecule has 0 saturated heterocycles. The van der Waals surface area contributed by atoms with Crippen LogP contribution in [0.2, 0.25) is 0 Å². The number of hydrogen-bond acceptors (Lipinski definition) is 1. The van der Waals surface area contributed by atoms with Crippen molar-refractivity contribution in [1.82, 2.24) is 9.55 Å². The lowest BCUT2D eigenvalue weighted by atomic mass is 10.2. The molecule has 0 saturated carbocycles. The number of rotatable bonds is 1. The zero-order valence-electron chi connectivity index (χ0n) is 10.0. The minimum absolute atomic E-state index is 1.04. The highest BCUT2D eigenvalue weighted by atomic mass is 15.0. The van der Waals surface area contributed by atoms with Crippen LogP contribution in [0.1, 0.15) is 11.3 Å². The minimum Gasteiger partial charge on any atom is -0.298 e. The van der Waals surface area contributed by atoms with Gasteiger partial charge >= 0.3 is 0 Å². The summed E-state index contributed by atoms with van der Waals surface area (Å²) in [4.78, 5) is 4.50. The fourth-order valence-corrected chi connectivity index (χ4v) is 2.28. The van der Waals surface area contributed by atoms with Gasteiger partial charge < -0.3 is 0 Å². The van der Waals surface area contributed by atoms with Crippen molar-refractivity contribution in [3.05, 3.63) is 59.9 Å². The Labute approximate surface area is 101 Å². The number of pyridine rings is 1. The Hall–Kier alpha value is -2.09. The summed E-state index contributed by atoms with van der Waals surface area (Å²) < 4.78 is 2.21. The Balaban J connectivity index is 2.41. The molecular weight excluding hydrogens is 208 g/mol. The van der Waals surface area contributed by atoms with E-state index in [-0.39, 0.29) is 0 Å². The van der Waals surface area contributed by atoms with Crippen LogP contribution in [0.15, 0.2) is 48.7 Å². The molecule has 17 heavy (non-hydrogen) atoms. The Morgan fingerprint density at radius 1 is 0.941 bits per heavy atom. The highest BCUT2D eigenvalue weighted by Gasteiger charge is 2.12. The van der Waals surface area contributed by atoms with Crippen LogP contribution < -0.4 is 0 Å². The van der Waals surface area contributed by atoms with Crippen molar-refractivity contribution in [3.8, 4) is 5.69 Å². The summed E-state index contributed by atoms with van der Waals surface area (Å²) in [6.07, 6.45) is 1.85. The largest absolute Gasteiger partial charge is 0.298 e. The van der Waals surface area contributed by atoms with Crippen molar-refractivity contribution >= 4 is 11.0 Å². The lowest BCUT2D eigenvalue weighted by Crippen LogP contribution is -1.97. The third-order valence-electron chi connectivity index (χ3n) is 3.29. The van der Waals surface area contributed by atoms with E-state index < -0.39 is 0 Å². The zero-order chi connectivity index (χ0) is 11.8. The van der Waals surface area contributed by atoms with Gasteiger partial charge in [-0.3, -0.25) is 4.57 Å². The van der Waals surface area contributed by atoms with E-state index in [2.05, 4.69) is 53.7 Å². The van der Waals surface area contributed by atoms with Gasteiger partial charge in [0.15, 0.2) is 0 Å². The first-order valence-electron chi connectivity index (χ1n) is 5.77. The third kappa shape index (κ3) is 1.45. The van der Waals surface area contributed by atoms with Crippen LogP contribution in [-0.4, -0.2) is 9.55 Å². The van der Waals surface area contributed by atoms with Crippen LogP contribution in [0.25, 0.3) is 16.7 Å². The molecule has 0 unspecified atom stereocenters. The number of benzene rings is 1. The highest BCUT2D eigenvalue weighted by molar-refractivity contribution is 5.83. The van der Waals surface area contributed by atoms with Crippen molar-refractivity contribution < 1.29 is 0 Å². The molecule has 0 N–H and O–H groups in total. The normalized spacial score (nSPS) is 10.9. The number of nitrogens with zero attached hydrogens (tertiary/aromatic N) is 2. The molecular formula is C15H14N2. The van der Waals surface area contributed by atoms with Crippen LogP contribution in [0, 0.1) is 13.8 Å². The molecule has 2 nitrogen and oxygen atoms in total. The quantitative estimate of drug-likeness (QED) is 0.614. The Bertz CT molecular complexity index is 666. The van der Waals surface area contributed by atoms with Gasteiger partial charge in [-0.15, -0.1) is 0 Å². The van der Waals surface area contributed by atoms with Crippen molar-refractivity contribution in [1.29, 1.82) is 0 Å². The van der Waals surface area contributed by atoms with Crippen molar-refractivity contribution in [2.75, 3.05) is 0 Å². The minimum atomic E-state index is 1.04. The smallest absolute Gasteiger partial charge is 0.144 e. The molecule has 0 aliphatic heterocycles. The van der Waals surface area contributed by atoms with E-state index in [0.717, 1.165) is 5.65 Å². The van der Waals surface area contributed by atoms with Gasteiger partial charge in [-0.1, -0.05) is 18.2 Å². The molecule has 2 heterocycles. The first kappa shape index (κ1) is 10.1. The van der Waals surface area contributed by atoms with Gasteiger partial charge in [-0.05, 0) is 43.7 Å². The molecule has 0 spiro atoms. The molecule has 0 fully saturated rings. The molecule has 3 aromatic rings. The second kappa shape index (κ2) is 3.74. The number of fused-ring (bicyclic) bond motifs is 1. The summed E-state index contributed by atoms with van der Waals surface area (Å²) >= 11 is 0. The summed E-state index contributed by atoms with van der Waals surface area (Å²) in [6.45, 7) is 4.29. The van der Waals surface area contributed by atoms with E-state index in [4.69, 9.17) is 0 Å². The van der Waals surface area contributed by atoms with E-state index in [0.29, 0.717) is 0 Å². The van der Waals surface area contributed by atoms with Crippen LogP contribution in [0.3, 0.4) is 0 Å². The molecule has 84 valence electrons. The van der Waals surface area contributed by atoms with Crippen LogP contribution in [0.5, 0.6) is 0 Å². The molecule has 0 aliphatic rings. The average Bonchev–Trinajstić information content (AvgIpc) is 2.64. The lowest BCUT2D eigenvalue weighted by Gasteiger charge is -2.07. The van der Waals surface area contributed by atoms with Crippen LogP contribution in [0.4, 0.5) is 0 Å². The van der Waals surface area contributed by atoms with Gasteiger partial charge in [0.25, 0.3) is 0 Å². The summed E-state index contributed by atoms with van der Waals surface area (Å²) in [7, 11) is 0. The molecule has 2 aromatic heterocycles. The number of para-hydroxylation sites is 1. The van der Waals surface area contributed by atoms with Crippen molar-refractivity contribution in [2.45, 2.75) is 13.8 Å². The average molecular weight is 222 g/mol. The predicted octanol–water partition coefficient (Wildman–Crippen LogP) is 3.64. The maximum Gasteiger partial charge on any atom is 0.144 e. The summed E-state index contributed by atoms with van der Waals surface area (Å²) in [5, 5.41) is 1.23. The Morgan fingerprint density at radius 3 is 2.47 bits per heavy atom. The van der Waals surface area contributed by atoms with Gasteiger partial charge in [-0.25, -0.2) is 4.98 Å². The zero-order valence-corrected chi connectivity index (χ0v) is 10.0. The lowest BCUT2D eigenvalue weighted by molar-refractivity contribution is 1.02. The maximum absolute atomic E-state index is 4.50. The van der Waals surface area contributed by atoms with E-state index in [1.54, 1.807) is 0 Å². The first-order valence-corrected chi connectivity index (χ1v) is 5.77. The molecule has 0 atom stereocenters. The topological polar surface area (TPSA) is 17.8 Å². The summed E-state index contributed by atoms with van der Waals surface area (Å²) in [6, 6.07) is 14.5. The molecule has 0 amide bonds. The summed E-state index contributed by atoms with van der Waals surface area (Å²) in [5.74, 6) is 0. The van der Waals surface area contributed by atoms with Gasteiger partial charge in [0.2, 0.25) is 0 Å². The fourth-order valence-electron chi connectivity index (χ4n) is 2.28. The standard InChI is InChI=1S/C15H14N2/c1-11-12(2)17(13-7-4-3-5-8-13)15-14(11)9-6-10-16-15/h3-10H,1-2H3. The maximum atomic E-state index is 4.50. The molecule has 0 aliphatic carbocycles. The van der Waals surface area contributed by atoms with Gasteiger partial charge in [0.1, 0.15) is 5.65 Å². The van der Waals surface area contributed by atoms with E-state index in [1.165, 1.54) is 22.3 Å². The molecule has 0 bridgehead atoms. The predicted molar refractivity (Wildman–Crippen MR) is 70.5 cm³/mol. The summed E-state index contributed by atoms with van der Waals surface area (Å²) in [5.41, 5.74) is 4.76. The van der Waals surface area contributed by atoms with Crippen molar-refractivity contribution in [2.24, 2.45) is 0 Å². The van der Waals surface area contributed by atoms with Gasteiger partial charge in [0, 0.05) is 23.0 Å². The fraction of sp³-hybridized carbons (Fsp3) is 0.133. The highest BCUT2D eigenvalue weighted by Crippen LogP contribution is 2.26. The molecule has 0 radical (unpaired) electrons. The first-order chi connectivity index (χ1) is 8.29. The van der Waals surface area contributed by atoms with Crippen molar-refractivity contribution in [3.63, 3.8) is 0 Å². The Morgan fingerprint density at radius 2 is 1.71 bits per heavy atom. The third-order valence-corrected chi connectivity index (χ3v) is 3.29. The monoisotopic (exact) mass is 222 g/mol. The number of hydrogen-bond donors (Lipinski definition) is 0. The van der Waals surface area contributed by atoms with E-state index >= 15 is 0 Å². The molecule has 3 rings (SSSR count). The Kier molecular flexibility index (Phi) is 2.22. The van der Waals surface area contributed by atoms with Crippen LogP contribution in [-0.2, 0) is 0 Å². The van der Waals surface area contributed by atoms with Gasteiger partial charge in [-0.2, -0.15) is 0 Å². The van der Waals surface area contributed by atoms with Gasteiger partial charge in [0.05, 0.1) is 0 Å². The second-order valence-corrected chi connectivity index (χ2v) is 4.26. The molecule has 1 aromatic carbocycles. The number of aryl methyl sites for hydroxylation is 1. The van der Waals surface area contributed by atoms with E-state index in [9.17, 15) is 0 Å². The number of aromatic nitrogens is 2. The SMILES string of the molecule is Cc1c(C)n(-c2ccccc2)c2ncccc12.